The number of carbonyl (C=O) groups excluding carboxylic acids is 1. The Bertz CT molecular complexity index is 950. The third-order valence-electron chi connectivity index (χ3n) is 5.84. The molecule has 1 atom stereocenters. The van der Waals surface area contributed by atoms with E-state index < -0.39 is 12.7 Å². The van der Waals surface area contributed by atoms with Crippen molar-refractivity contribution in [3.05, 3.63) is 43.6 Å². The molecule has 170 valence electrons. The molecule has 0 saturated carbocycles. The molecule has 1 aromatic carbocycles. The van der Waals surface area contributed by atoms with Gasteiger partial charge in [0.15, 0.2) is 17.3 Å². The average Bonchev–Trinajstić information content (AvgIpc) is 3.05. The molecule has 0 spiro atoms. The van der Waals surface area contributed by atoms with Gasteiger partial charge in [0.1, 0.15) is 12.7 Å². The maximum absolute atomic E-state index is 13.1. The van der Waals surface area contributed by atoms with E-state index in [2.05, 4.69) is 20.8 Å². The zero-order valence-corrected chi connectivity index (χ0v) is 20.2. The van der Waals surface area contributed by atoms with Crippen molar-refractivity contribution in [2.75, 3.05) is 20.3 Å². The Balaban J connectivity index is 1.72. The van der Waals surface area contributed by atoms with E-state index in [0.29, 0.717) is 34.8 Å². The van der Waals surface area contributed by atoms with Crippen LogP contribution in [0.4, 0.5) is 0 Å². The van der Waals surface area contributed by atoms with Gasteiger partial charge in [-0.05, 0) is 66.8 Å². The molecule has 2 N–H and O–H groups in total. The number of thiophene rings is 1. The van der Waals surface area contributed by atoms with Crippen LogP contribution in [0, 0.1) is 12.3 Å². The second kappa shape index (κ2) is 9.90. The van der Waals surface area contributed by atoms with Crippen molar-refractivity contribution in [3.8, 4) is 11.5 Å². The monoisotopic (exact) mass is 466 g/mol. The molecule has 3 rings (SSSR count). The predicted octanol–water partition coefficient (Wildman–Crippen LogP) is 4.78. The van der Waals surface area contributed by atoms with E-state index in [9.17, 15) is 9.90 Å². The number of aliphatic hydroxyl groups is 2. The van der Waals surface area contributed by atoms with Crippen LogP contribution >= 0.6 is 22.9 Å². The van der Waals surface area contributed by atoms with Crippen molar-refractivity contribution < 1.29 is 24.5 Å². The molecule has 31 heavy (non-hydrogen) atoms. The van der Waals surface area contributed by atoms with Crippen LogP contribution in [0.2, 0.25) is 5.02 Å². The van der Waals surface area contributed by atoms with Crippen LogP contribution < -0.4 is 9.47 Å². The van der Waals surface area contributed by atoms with E-state index in [1.165, 1.54) is 23.1 Å². The highest BCUT2D eigenvalue weighted by Crippen LogP contribution is 2.42. The molecular formula is C24H31ClO5S. The summed E-state index contributed by atoms with van der Waals surface area (Å²) in [5, 5.41) is 18.8. The molecular weight excluding hydrogens is 436 g/mol. The Morgan fingerprint density at radius 2 is 2.06 bits per heavy atom. The third kappa shape index (κ3) is 5.61. The number of ether oxygens (including phenoxy) is 2. The van der Waals surface area contributed by atoms with Crippen LogP contribution in [0.3, 0.4) is 0 Å². The van der Waals surface area contributed by atoms with Crippen LogP contribution in [0.25, 0.3) is 0 Å². The lowest BCUT2D eigenvalue weighted by molar-refractivity contribution is 0.0527. The number of hydrogen-bond donors (Lipinski definition) is 2. The molecule has 0 saturated heterocycles. The summed E-state index contributed by atoms with van der Waals surface area (Å²) in [6.45, 7) is 6.22. The molecule has 7 heteroatoms. The van der Waals surface area contributed by atoms with Gasteiger partial charge in [-0.25, -0.2) is 0 Å². The molecule has 0 amide bonds. The number of halogens is 1. The largest absolute Gasteiger partial charge is 0.493 e. The fraction of sp³-hybridized carbons (Fsp3) is 0.542. The summed E-state index contributed by atoms with van der Waals surface area (Å²) >= 11 is 8.00. The summed E-state index contributed by atoms with van der Waals surface area (Å²) in [5.74, 6) is 0.930. The van der Waals surface area contributed by atoms with E-state index in [0.717, 1.165) is 29.7 Å². The first kappa shape index (κ1) is 24.1. The summed E-state index contributed by atoms with van der Waals surface area (Å²) < 4.78 is 10.9. The van der Waals surface area contributed by atoms with Crippen LogP contribution in [-0.2, 0) is 19.3 Å². The second-order valence-electron chi connectivity index (χ2n) is 8.97. The number of aryl methyl sites for hydroxylation is 2. The first-order valence-electron chi connectivity index (χ1n) is 10.6. The topological polar surface area (TPSA) is 76.0 Å². The minimum Gasteiger partial charge on any atom is -0.493 e. The molecule has 0 radical (unpaired) electrons. The summed E-state index contributed by atoms with van der Waals surface area (Å²) in [6.07, 6.45) is 3.07. The molecule has 0 bridgehead atoms. The van der Waals surface area contributed by atoms with Crippen molar-refractivity contribution in [3.63, 3.8) is 0 Å². The maximum Gasteiger partial charge on any atom is 0.179 e. The van der Waals surface area contributed by atoms with E-state index in [1.807, 2.05) is 0 Å². The lowest BCUT2D eigenvalue weighted by Crippen LogP contribution is -2.22. The zero-order valence-electron chi connectivity index (χ0n) is 18.6. The number of ketones is 1. The second-order valence-corrected chi connectivity index (χ2v) is 10.6. The number of rotatable bonds is 9. The van der Waals surface area contributed by atoms with Crippen LogP contribution in [0.5, 0.6) is 11.5 Å². The quantitative estimate of drug-likeness (QED) is 0.520. The summed E-state index contributed by atoms with van der Waals surface area (Å²) in [4.78, 5) is 15.2. The lowest BCUT2D eigenvalue weighted by Gasteiger charge is -2.30. The van der Waals surface area contributed by atoms with Crippen molar-refractivity contribution in [2.24, 2.45) is 5.41 Å². The molecule has 1 aliphatic carbocycles. The van der Waals surface area contributed by atoms with Gasteiger partial charge in [0, 0.05) is 11.3 Å². The minimum atomic E-state index is -0.996. The van der Waals surface area contributed by atoms with Crippen molar-refractivity contribution >= 4 is 28.7 Å². The molecule has 0 aliphatic heterocycles. The molecule has 5 nitrogen and oxygen atoms in total. The average molecular weight is 467 g/mol. The number of hydrogen-bond acceptors (Lipinski definition) is 6. The van der Waals surface area contributed by atoms with Crippen molar-refractivity contribution in [2.45, 2.75) is 59.0 Å². The zero-order chi connectivity index (χ0) is 22.8. The van der Waals surface area contributed by atoms with Gasteiger partial charge in [0.05, 0.1) is 23.6 Å². The fourth-order valence-corrected chi connectivity index (χ4v) is 5.52. The third-order valence-corrected chi connectivity index (χ3v) is 7.35. The van der Waals surface area contributed by atoms with Gasteiger partial charge in [0.25, 0.3) is 0 Å². The molecule has 1 heterocycles. The van der Waals surface area contributed by atoms with Gasteiger partial charge in [-0.2, -0.15) is 0 Å². The van der Waals surface area contributed by atoms with Crippen LogP contribution in [0.1, 0.15) is 57.9 Å². The van der Waals surface area contributed by atoms with Crippen LogP contribution in [-0.4, -0.2) is 42.4 Å². The standard InChI is InChI=1S/C24H31ClO5S/c1-14-18-11-24(2,3)8-7-17(18)23(31-14)20(28)6-5-15-9-19(25)22(21(10-15)29-4)30-13-16(27)12-26/h9-10,16,26-27H,5-8,11-13H2,1-4H3. The Morgan fingerprint density at radius 1 is 1.32 bits per heavy atom. The first-order valence-corrected chi connectivity index (χ1v) is 11.8. The number of Topliss-reactive ketones (excluding diaryl/α,β-unsaturated/α-hetero) is 1. The number of fused-ring (bicyclic) bond motifs is 1. The van der Waals surface area contributed by atoms with Gasteiger partial charge in [-0.15, -0.1) is 11.3 Å². The summed E-state index contributed by atoms with van der Waals surface area (Å²) in [7, 11) is 1.51. The first-order chi connectivity index (χ1) is 14.6. The van der Waals surface area contributed by atoms with Gasteiger partial charge < -0.3 is 19.7 Å². The number of aliphatic hydroxyl groups excluding tert-OH is 2. The summed E-state index contributed by atoms with van der Waals surface area (Å²) in [5.41, 5.74) is 3.81. The minimum absolute atomic E-state index is 0.0932. The fourth-order valence-electron chi connectivity index (χ4n) is 4.04. The number of carbonyl (C=O) groups is 1. The van der Waals surface area contributed by atoms with E-state index >= 15 is 0 Å². The van der Waals surface area contributed by atoms with Gasteiger partial charge in [-0.1, -0.05) is 25.4 Å². The van der Waals surface area contributed by atoms with Crippen molar-refractivity contribution in [1.82, 2.24) is 0 Å². The van der Waals surface area contributed by atoms with Gasteiger partial charge in [-0.3, -0.25) is 4.79 Å². The Morgan fingerprint density at radius 3 is 2.74 bits per heavy atom. The number of methoxy groups -OCH3 is 1. The normalized spacial score (nSPS) is 16.0. The lowest BCUT2D eigenvalue weighted by atomic mass is 9.74. The smallest absolute Gasteiger partial charge is 0.179 e. The molecule has 1 aliphatic rings. The van der Waals surface area contributed by atoms with E-state index in [-0.39, 0.29) is 12.4 Å². The molecule has 1 unspecified atom stereocenters. The summed E-state index contributed by atoms with van der Waals surface area (Å²) in [6, 6.07) is 3.56. The van der Waals surface area contributed by atoms with E-state index in [1.54, 1.807) is 23.5 Å². The Labute approximate surface area is 193 Å². The molecule has 0 fully saturated rings. The van der Waals surface area contributed by atoms with Crippen molar-refractivity contribution in [1.29, 1.82) is 0 Å². The Kier molecular flexibility index (Phi) is 7.68. The number of benzene rings is 1. The SMILES string of the molecule is COc1cc(CCC(=O)c2sc(C)c3c2CCC(C)(C)C3)cc(Cl)c1OCC(O)CO. The highest BCUT2D eigenvalue weighted by Gasteiger charge is 2.31. The highest BCUT2D eigenvalue weighted by molar-refractivity contribution is 7.14. The van der Waals surface area contributed by atoms with Gasteiger partial charge in [0.2, 0.25) is 0 Å². The highest BCUT2D eigenvalue weighted by atomic mass is 35.5. The predicted molar refractivity (Wildman–Crippen MR) is 124 cm³/mol. The molecule has 2 aromatic rings. The van der Waals surface area contributed by atoms with Crippen LogP contribution in [0.15, 0.2) is 12.1 Å². The van der Waals surface area contributed by atoms with Gasteiger partial charge >= 0.3 is 0 Å². The van der Waals surface area contributed by atoms with E-state index in [4.69, 9.17) is 26.2 Å². The molecule has 1 aromatic heterocycles. The Hall–Kier alpha value is -1.60. The maximum atomic E-state index is 13.1.